The number of nitrogens with one attached hydrogen (secondary N) is 3. The largest absolute Gasteiger partial charge is 0.357 e. The van der Waals surface area contributed by atoms with Crippen LogP contribution in [0.4, 0.5) is 4.79 Å². The number of carbonyl (C=O) groups excluding carboxylic acids is 3. The minimum atomic E-state index is -0.778. The molecule has 3 aromatic rings. The van der Waals surface area contributed by atoms with Crippen LogP contribution in [0.25, 0.3) is 10.9 Å². The van der Waals surface area contributed by atoms with E-state index in [-0.39, 0.29) is 18.4 Å². The van der Waals surface area contributed by atoms with Crippen LogP contribution in [0.15, 0.2) is 35.1 Å². The van der Waals surface area contributed by atoms with Crippen LogP contribution < -0.4 is 16.4 Å². The number of hydrogen-bond donors (Lipinski definition) is 4. The summed E-state index contributed by atoms with van der Waals surface area (Å²) in [6.45, 7) is 2.26. The molecule has 1 aliphatic rings. The van der Waals surface area contributed by atoms with Gasteiger partial charge in [-0.3, -0.25) is 14.6 Å². The van der Waals surface area contributed by atoms with Crippen LogP contribution in [0.5, 0.6) is 0 Å². The molecule has 5 N–H and O–H groups in total. The molecule has 4 amide bonds. The lowest BCUT2D eigenvalue weighted by Gasteiger charge is -2.23. The normalized spacial score (nSPS) is 18.7. The lowest BCUT2D eigenvalue weighted by Crippen LogP contribution is -2.52. The molecule has 3 aromatic heterocycles. The van der Waals surface area contributed by atoms with Crippen LogP contribution in [0.3, 0.4) is 0 Å². The fourth-order valence-corrected chi connectivity index (χ4v) is 6.08. The van der Waals surface area contributed by atoms with E-state index in [1.165, 1.54) is 16.2 Å². The van der Waals surface area contributed by atoms with Crippen LogP contribution >= 0.6 is 38.9 Å². The molecular weight excluding hydrogens is 544 g/mol. The second-order valence-electron chi connectivity index (χ2n) is 8.35. The number of nitrogens with zero attached hydrogens (tertiary/aromatic N) is 2. The van der Waals surface area contributed by atoms with Gasteiger partial charge in [0.05, 0.1) is 6.54 Å². The van der Waals surface area contributed by atoms with Gasteiger partial charge in [-0.25, -0.2) is 4.79 Å². The third-order valence-corrected chi connectivity index (χ3v) is 8.34. The molecule has 0 spiro atoms. The van der Waals surface area contributed by atoms with Crippen molar-refractivity contribution in [3.63, 3.8) is 0 Å². The number of nitrogens with two attached hydrogens (primary N) is 1. The SMILES string of the molecule is C[C@H](NC(=O)[C@H]1C[C@H](Cc2cc(Br)c(Cl)s2)CN1C(N)=O)C(=O)NCc1cc2cnccc2[nH]1. The van der Waals surface area contributed by atoms with E-state index >= 15 is 0 Å². The van der Waals surface area contributed by atoms with Gasteiger partial charge in [0.15, 0.2) is 0 Å². The third kappa shape index (κ3) is 5.53. The molecule has 0 unspecified atom stereocenters. The number of thiophene rings is 1. The summed E-state index contributed by atoms with van der Waals surface area (Å²) in [5.74, 6) is -0.667. The van der Waals surface area contributed by atoms with Gasteiger partial charge in [0.2, 0.25) is 11.8 Å². The Morgan fingerprint density at radius 1 is 1.41 bits per heavy atom. The Balaban J connectivity index is 1.32. The highest BCUT2D eigenvalue weighted by molar-refractivity contribution is 9.10. The van der Waals surface area contributed by atoms with Crippen molar-refractivity contribution in [1.82, 2.24) is 25.5 Å². The van der Waals surface area contributed by atoms with Gasteiger partial charge in [0, 0.05) is 44.9 Å². The lowest BCUT2D eigenvalue weighted by molar-refractivity contribution is -0.130. The number of hydrogen-bond acceptors (Lipinski definition) is 5. The zero-order chi connectivity index (χ0) is 24.4. The molecule has 0 aromatic carbocycles. The predicted molar refractivity (Wildman–Crippen MR) is 134 cm³/mol. The van der Waals surface area contributed by atoms with E-state index in [2.05, 4.69) is 36.5 Å². The Kier molecular flexibility index (Phi) is 7.44. The summed E-state index contributed by atoms with van der Waals surface area (Å²) in [6.07, 6.45) is 4.57. The lowest BCUT2D eigenvalue weighted by atomic mass is 10.0. The summed E-state index contributed by atoms with van der Waals surface area (Å²) in [7, 11) is 0. The summed E-state index contributed by atoms with van der Waals surface area (Å²) in [4.78, 5) is 47.2. The summed E-state index contributed by atoms with van der Waals surface area (Å²) in [5.41, 5.74) is 7.30. The fraction of sp³-hybridized carbons (Fsp3) is 0.364. The van der Waals surface area contributed by atoms with Crippen molar-refractivity contribution in [3.8, 4) is 0 Å². The number of urea groups is 1. The summed E-state index contributed by atoms with van der Waals surface area (Å²) >= 11 is 11.0. The Morgan fingerprint density at radius 3 is 2.88 bits per heavy atom. The number of aromatic amines is 1. The number of amides is 4. The van der Waals surface area contributed by atoms with Crippen molar-refractivity contribution in [1.29, 1.82) is 0 Å². The van der Waals surface area contributed by atoms with Crippen LogP contribution in [-0.2, 0) is 22.6 Å². The maximum atomic E-state index is 12.9. The number of rotatable bonds is 7. The molecule has 9 nitrogen and oxygen atoms in total. The highest BCUT2D eigenvalue weighted by atomic mass is 79.9. The number of primary amides is 1. The summed E-state index contributed by atoms with van der Waals surface area (Å²) < 4.78 is 1.50. The molecule has 4 rings (SSSR count). The monoisotopic (exact) mass is 566 g/mol. The molecular formula is C22H24BrClN6O3S. The highest BCUT2D eigenvalue weighted by Gasteiger charge is 2.39. The molecule has 0 radical (unpaired) electrons. The Labute approximate surface area is 213 Å². The molecule has 0 saturated carbocycles. The number of carbonyl (C=O) groups is 3. The molecule has 0 bridgehead atoms. The average Bonchev–Trinajstić information content (AvgIpc) is 3.48. The van der Waals surface area contributed by atoms with Crippen molar-refractivity contribution in [2.75, 3.05) is 6.54 Å². The van der Waals surface area contributed by atoms with Crippen molar-refractivity contribution in [3.05, 3.63) is 50.0 Å². The van der Waals surface area contributed by atoms with Gasteiger partial charge >= 0.3 is 6.03 Å². The second-order valence-corrected chi connectivity index (χ2v) is 10.9. The zero-order valence-corrected chi connectivity index (χ0v) is 21.5. The zero-order valence-electron chi connectivity index (χ0n) is 18.3. The van der Waals surface area contributed by atoms with Crippen LogP contribution in [0.2, 0.25) is 4.34 Å². The van der Waals surface area contributed by atoms with E-state index < -0.39 is 24.0 Å². The van der Waals surface area contributed by atoms with Gasteiger partial charge in [-0.2, -0.15) is 0 Å². The van der Waals surface area contributed by atoms with Crippen molar-refractivity contribution in [2.24, 2.45) is 11.7 Å². The minimum Gasteiger partial charge on any atom is -0.357 e. The summed E-state index contributed by atoms with van der Waals surface area (Å²) in [6, 6.07) is 3.56. The minimum absolute atomic E-state index is 0.0606. The standard InChI is InChI=1S/C22H24BrClN6O3S/c1-11(20(31)27-9-14-6-13-8-26-3-2-17(13)29-14)28-21(32)18-5-12(10-30(18)22(25)33)4-15-7-16(23)19(24)34-15/h2-3,6-8,11-12,18,29H,4-5,9-10H2,1H3,(H2,25,33)(H,27,31)(H,28,32)/t11-,12-,18+/m0/s1. The second kappa shape index (κ2) is 10.3. The predicted octanol–water partition coefficient (Wildman–Crippen LogP) is 3.17. The number of halogens is 2. The Hall–Kier alpha value is -2.63. The molecule has 0 aliphatic carbocycles. The number of fused-ring (bicyclic) bond motifs is 1. The third-order valence-electron chi connectivity index (χ3n) is 5.84. The molecule has 1 fully saturated rings. The van der Waals surface area contributed by atoms with Crippen molar-refractivity contribution < 1.29 is 14.4 Å². The van der Waals surface area contributed by atoms with Gasteiger partial charge < -0.3 is 26.3 Å². The van der Waals surface area contributed by atoms with Crippen LogP contribution in [0, 0.1) is 5.92 Å². The first-order valence-corrected chi connectivity index (χ1v) is 12.7. The first-order chi connectivity index (χ1) is 16.2. The molecule has 1 aliphatic heterocycles. The molecule has 1 saturated heterocycles. The Bertz CT molecular complexity index is 1180. The highest BCUT2D eigenvalue weighted by Crippen LogP contribution is 2.35. The van der Waals surface area contributed by atoms with E-state index in [9.17, 15) is 14.4 Å². The topological polar surface area (TPSA) is 133 Å². The molecule has 12 heteroatoms. The molecule has 180 valence electrons. The maximum absolute atomic E-state index is 12.9. The number of H-pyrrole nitrogens is 1. The van der Waals surface area contributed by atoms with Crippen LogP contribution in [-0.4, -0.2) is 51.3 Å². The average molecular weight is 568 g/mol. The van der Waals surface area contributed by atoms with Crippen molar-refractivity contribution >= 4 is 67.6 Å². The van der Waals surface area contributed by atoms with E-state index in [0.717, 1.165) is 25.9 Å². The number of pyridine rings is 1. The van der Waals surface area contributed by atoms with E-state index in [4.69, 9.17) is 17.3 Å². The smallest absolute Gasteiger partial charge is 0.315 e. The summed E-state index contributed by atoms with van der Waals surface area (Å²) in [5, 5.41) is 6.48. The first-order valence-electron chi connectivity index (χ1n) is 10.7. The van der Waals surface area contributed by atoms with E-state index in [0.29, 0.717) is 23.7 Å². The molecule has 34 heavy (non-hydrogen) atoms. The quantitative estimate of drug-likeness (QED) is 0.349. The van der Waals surface area contributed by atoms with Gasteiger partial charge in [-0.05, 0) is 59.8 Å². The maximum Gasteiger partial charge on any atom is 0.315 e. The van der Waals surface area contributed by atoms with Gasteiger partial charge in [-0.15, -0.1) is 11.3 Å². The Morgan fingerprint density at radius 2 is 2.21 bits per heavy atom. The van der Waals surface area contributed by atoms with E-state index in [1.54, 1.807) is 19.3 Å². The molecule has 4 heterocycles. The fourth-order valence-electron chi connectivity index (χ4n) is 4.18. The van der Waals surface area contributed by atoms with E-state index in [1.807, 2.05) is 18.2 Å². The number of aromatic nitrogens is 2. The number of likely N-dealkylation sites (tertiary alicyclic amines) is 1. The van der Waals surface area contributed by atoms with Gasteiger partial charge in [0.25, 0.3) is 0 Å². The molecule has 3 atom stereocenters. The van der Waals surface area contributed by atoms with Gasteiger partial charge in [-0.1, -0.05) is 11.6 Å². The van der Waals surface area contributed by atoms with Gasteiger partial charge in [0.1, 0.15) is 16.4 Å². The first kappa shape index (κ1) is 24.5. The van der Waals surface area contributed by atoms with Crippen LogP contribution in [0.1, 0.15) is 23.9 Å². The van der Waals surface area contributed by atoms with Crippen molar-refractivity contribution in [2.45, 2.75) is 38.4 Å².